The van der Waals surface area contributed by atoms with Crippen molar-refractivity contribution < 1.29 is 4.74 Å². The summed E-state index contributed by atoms with van der Waals surface area (Å²) in [5.74, 6) is 0.810. The van der Waals surface area contributed by atoms with Crippen LogP contribution in [0.15, 0.2) is 6.07 Å². The highest BCUT2D eigenvalue weighted by atomic mass is 35.5. The average Bonchev–Trinajstić information content (AvgIpc) is 3.06. The van der Waals surface area contributed by atoms with Gasteiger partial charge in [0, 0.05) is 17.0 Å². The minimum atomic E-state index is 0.0768. The molecule has 0 aromatic heterocycles. The second-order valence-corrected chi connectivity index (χ2v) is 5.54. The number of halogens is 1. The number of ether oxygens (including phenoxy) is 1. The molecule has 0 amide bonds. The lowest BCUT2D eigenvalue weighted by Crippen LogP contribution is -2.32. The van der Waals surface area contributed by atoms with Gasteiger partial charge in [-0.1, -0.05) is 17.7 Å². The summed E-state index contributed by atoms with van der Waals surface area (Å²) >= 11 is 6.38. The molecule has 2 nitrogen and oxygen atoms in total. The lowest BCUT2D eigenvalue weighted by molar-refractivity contribution is 0.398. The third kappa shape index (κ3) is 1.84. The minimum absolute atomic E-state index is 0.0768. The summed E-state index contributed by atoms with van der Waals surface area (Å²) in [6, 6.07) is 2.32. The van der Waals surface area contributed by atoms with Gasteiger partial charge in [0.05, 0.1) is 12.1 Å². The largest absolute Gasteiger partial charge is 0.495 e. The van der Waals surface area contributed by atoms with Crippen LogP contribution in [0.4, 0.5) is 0 Å². The zero-order valence-corrected chi connectivity index (χ0v) is 11.7. The van der Waals surface area contributed by atoms with Crippen LogP contribution < -0.4 is 10.5 Å². The molecule has 0 spiro atoms. The average molecular weight is 254 g/mol. The molecule has 0 heterocycles. The van der Waals surface area contributed by atoms with E-state index in [0.717, 1.165) is 29.2 Å². The van der Waals surface area contributed by atoms with Gasteiger partial charge >= 0.3 is 0 Å². The van der Waals surface area contributed by atoms with Gasteiger partial charge in [-0.2, -0.15) is 0 Å². The Balaban J connectivity index is 2.62. The van der Waals surface area contributed by atoms with E-state index >= 15 is 0 Å². The van der Waals surface area contributed by atoms with E-state index in [-0.39, 0.29) is 11.5 Å². The van der Waals surface area contributed by atoms with Crippen LogP contribution >= 0.6 is 11.6 Å². The van der Waals surface area contributed by atoms with Gasteiger partial charge in [0.1, 0.15) is 5.75 Å². The van der Waals surface area contributed by atoms with Crippen molar-refractivity contribution in [2.75, 3.05) is 7.11 Å². The first kappa shape index (κ1) is 12.7. The first-order valence-corrected chi connectivity index (χ1v) is 6.41. The maximum atomic E-state index is 6.38. The third-order valence-electron chi connectivity index (χ3n) is 4.13. The first-order valence-electron chi connectivity index (χ1n) is 6.04. The van der Waals surface area contributed by atoms with E-state index in [9.17, 15) is 0 Å². The molecule has 1 aromatic carbocycles. The molecular weight excluding hydrogens is 234 g/mol. The number of rotatable bonds is 3. The molecule has 3 heteroatoms. The highest BCUT2D eigenvalue weighted by Gasteiger charge is 2.49. The number of hydrogen-bond acceptors (Lipinski definition) is 2. The summed E-state index contributed by atoms with van der Waals surface area (Å²) in [6.45, 7) is 6.17. The van der Waals surface area contributed by atoms with Gasteiger partial charge in [-0.25, -0.2) is 0 Å². The molecule has 1 fully saturated rings. The zero-order valence-electron chi connectivity index (χ0n) is 10.9. The number of methoxy groups -OCH3 is 1. The topological polar surface area (TPSA) is 35.2 Å². The molecule has 2 rings (SSSR count). The molecule has 94 valence electrons. The van der Waals surface area contributed by atoms with Gasteiger partial charge in [0.15, 0.2) is 0 Å². The Kier molecular flexibility index (Phi) is 3.13. The quantitative estimate of drug-likeness (QED) is 0.897. The number of nitrogens with two attached hydrogens (primary N) is 1. The van der Waals surface area contributed by atoms with Crippen molar-refractivity contribution in [3.8, 4) is 5.75 Å². The van der Waals surface area contributed by atoms with Crippen LogP contribution in [0, 0.1) is 13.8 Å². The van der Waals surface area contributed by atoms with Crippen LogP contribution in [0.3, 0.4) is 0 Å². The van der Waals surface area contributed by atoms with Crippen molar-refractivity contribution in [3.05, 3.63) is 27.8 Å². The van der Waals surface area contributed by atoms with Crippen LogP contribution in [0.1, 0.15) is 36.5 Å². The monoisotopic (exact) mass is 253 g/mol. The van der Waals surface area contributed by atoms with Crippen molar-refractivity contribution >= 4 is 11.6 Å². The van der Waals surface area contributed by atoms with Crippen molar-refractivity contribution in [3.63, 3.8) is 0 Å². The molecule has 0 radical (unpaired) electrons. The van der Waals surface area contributed by atoms with Crippen molar-refractivity contribution in [2.24, 2.45) is 5.73 Å². The fourth-order valence-electron chi connectivity index (χ4n) is 2.53. The standard InChI is InChI=1S/C14H20ClNO/c1-8-7-11(14(5-6-14)10(3)16)13(17-4)12(15)9(8)2/h7,10H,5-6,16H2,1-4H3. The molecule has 1 saturated carbocycles. The van der Waals surface area contributed by atoms with Crippen LogP contribution in [-0.4, -0.2) is 13.2 Å². The fourth-order valence-corrected chi connectivity index (χ4v) is 2.85. The minimum Gasteiger partial charge on any atom is -0.495 e. The van der Waals surface area contributed by atoms with E-state index < -0.39 is 0 Å². The lowest BCUT2D eigenvalue weighted by Gasteiger charge is -2.24. The Labute approximate surface area is 108 Å². The van der Waals surface area contributed by atoms with Gasteiger partial charge in [-0.15, -0.1) is 0 Å². The molecule has 0 bridgehead atoms. The molecule has 1 aromatic rings. The molecule has 1 unspecified atom stereocenters. The molecule has 1 aliphatic carbocycles. The Morgan fingerprint density at radius 1 is 1.41 bits per heavy atom. The molecule has 0 saturated heterocycles. The van der Waals surface area contributed by atoms with Gasteiger partial charge in [-0.3, -0.25) is 0 Å². The van der Waals surface area contributed by atoms with Crippen LogP contribution in [-0.2, 0) is 5.41 Å². The second-order valence-electron chi connectivity index (χ2n) is 5.16. The number of benzene rings is 1. The summed E-state index contributed by atoms with van der Waals surface area (Å²) in [6.07, 6.45) is 2.25. The molecule has 1 aliphatic rings. The van der Waals surface area contributed by atoms with Crippen LogP contribution in [0.5, 0.6) is 5.75 Å². The van der Waals surface area contributed by atoms with E-state index in [1.165, 1.54) is 11.1 Å². The van der Waals surface area contributed by atoms with E-state index in [1.54, 1.807) is 7.11 Å². The highest BCUT2D eigenvalue weighted by Crippen LogP contribution is 2.55. The molecule has 0 aliphatic heterocycles. The van der Waals surface area contributed by atoms with Gasteiger partial charge in [0.25, 0.3) is 0 Å². The van der Waals surface area contributed by atoms with Crippen LogP contribution in [0.2, 0.25) is 5.02 Å². The van der Waals surface area contributed by atoms with Gasteiger partial charge in [0.2, 0.25) is 0 Å². The SMILES string of the molecule is COc1c(C2(C(C)N)CC2)cc(C)c(C)c1Cl. The summed E-state index contributed by atoms with van der Waals surface area (Å²) in [4.78, 5) is 0. The van der Waals surface area contributed by atoms with Crippen molar-refractivity contribution in [1.82, 2.24) is 0 Å². The maximum absolute atomic E-state index is 6.38. The van der Waals surface area contributed by atoms with Crippen LogP contribution in [0.25, 0.3) is 0 Å². The third-order valence-corrected chi connectivity index (χ3v) is 4.58. The Morgan fingerprint density at radius 2 is 2.00 bits per heavy atom. The van der Waals surface area contributed by atoms with Crippen molar-refractivity contribution in [1.29, 1.82) is 0 Å². The second kappa shape index (κ2) is 4.18. The highest BCUT2D eigenvalue weighted by molar-refractivity contribution is 6.33. The molecular formula is C14H20ClNO. The summed E-state index contributed by atoms with van der Waals surface area (Å²) < 4.78 is 5.50. The van der Waals surface area contributed by atoms with E-state index in [2.05, 4.69) is 19.9 Å². The maximum Gasteiger partial charge on any atom is 0.141 e. The summed E-state index contributed by atoms with van der Waals surface area (Å²) in [5.41, 5.74) is 9.68. The normalized spacial score (nSPS) is 18.9. The van der Waals surface area contributed by atoms with Gasteiger partial charge < -0.3 is 10.5 Å². The Hall–Kier alpha value is -0.730. The summed E-state index contributed by atoms with van der Waals surface area (Å²) in [7, 11) is 1.68. The lowest BCUT2D eigenvalue weighted by atomic mass is 9.86. The predicted octanol–water partition coefficient (Wildman–Crippen LogP) is 3.34. The first-order chi connectivity index (χ1) is 7.94. The smallest absolute Gasteiger partial charge is 0.141 e. The molecule has 1 atom stereocenters. The zero-order chi connectivity index (χ0) is 12.8. The van der Waals surface area contributed by atoms with Crippen molar-refractivity contribution in [2.45, 2.75) is 45.1 Å². The van der Waals surface area contributed by atoms with E-state index in [4.69, 9.17) is 22.1 Å². The molecule has 2 N–H and O–H groups in total. The summed E-state index contributed by atoms with van der Waals surface area (Å²) in [5, 5.41) is 0.731. The number of aryl methyl sites for hydroxylation is 1. The Morgan fingerprint density at radius 3 is 2.41 bits per heavy atom. The van der Waals surface area contributed by atoms with E-state index in [1.807, 2.05) is 6.92 Å². The molecule has 17 heavy (non-hydrogen) atoms. The fraction of sp³-hybridized carbons (Fsp3) is 0.571. The van der Waals surface area contributed by atoms with E-state index in [0.29, 0.717) is 0 Å². The Bertz CT molecular complexity index is 450. The number of hydrogen-bond donors (Lipinski definition) is 1. The predicted molar refractivity (Wildman–Crippen MR) is 72.0 cm³/mol. The van der Waals surface area contributed by atoms with Gasteiger partial charge in [-0.05, 0) is 44.7 Å².